The Bertz CT molecular complexity index is 578. The van der Waals surface area contributed by atoms with E-state index >= 15 is 0 Å². The standard InChI is InChI=1S/C18H24N2O/c1-11(2)15-9-13(19)5-7-17(15)21-18-8-6-14(20)10-16(18)12(3)4/h5-12H,19-20H2,1-4H3. The van der Waals surface area contributed by atoms with Gasteiger partial charge in [0, 0.05) is 11.4 Å². The van der Waals surface area contributed by atoms with Gasteiger partial charge >= 0.3 is 0 Å². The normalized spacial score (nSPS) is 11.1. The van der Waals surface area contributed by atoms with Gasteiger partial charge in [-0.2, -0.15) is 0 Å². The zero-order chi connectivity index (χ0) is 15.6. The van der Waals surface area contributed by atoms with Crippen molar-refractivity contribution in [3.63, 3.8) is 0 Å². The van der Waals surface area contributed by atoms with E-state index in [1.807, 2.05) is 36.4 Å². The van der Waals surface area contributed by atoms with E-state index in [0.29, 0.717) is 11.8 Å². The number of benzene rings is 2. The minimum Gasteiger partial charge on any atom is -0.457 e. The maximum Gasteiger partial charge on any atom is 0.131 e. The van der Waals surface area contributed by atoms with Crippen molar-refractivity contribution in [1.29, 1.82) is 0 Å². The molecule has 2 rings (SSSR count). The Hall–Kier alpha value is -2.16. The fourth-order valence-corrected chi connectivity index (χ4v) is 2.34. The van der Waals surface area contributed by atoms with Crippen LogP contribution in [0.5, 0.6) is 11.5 Å². The van der Waals surface area contributed by atoms with Gasteiger partial charge in [-0.05, 0) is 59.4 Å². The number of hydrogen-bond donors (Lipinski definition) is 2. The monoisotopic (exact) mass is 284 g/mol. The topological polar surface area (TPSA) is 61.3 Å². The summed E-state index contributed by atoms with van der Waals surface area (Å²) in [5.41, 5.74) is 15.5. The summed E-state index contributed by atoms with van der Waals surface area (Å²) in [6.07, 6.45) is 0. The Kier molecular flexibility index (Phi) is 4.41. The fraction of sp³-hybridized carbons (Fsp3) is 0.333. The fourth-order valence-electron chi connectivity index (χ4n) is 2.34. The summed E-state index contributed by atoms with van der Waals surface area (Å²) < 4.78 is 6.16. The molecule has 0 spiro atoms. The molecule has 3 heteroatoms. The van der Waals surface area contributed by atoms with E-state index in [9.17, 15) is 0 Å². The maximum atomic E-state index is 6.16. The van der Waals surface area contributed by atoms with E-state index in [1.165, 1.54) is 0 Å². The van der Waals surface area contributed by atoms with Crippen LogP contribution in [0.1, 0.15) is 50.7 Å². The number of nitrogens with two attached hydrogens (primary N) is 2. The number of nitrogen functional groups attached to an aromatic ring is 2. The van der Waals surface area contributed by atoms with E-state index < -0.39 is 0 Å². The van der Waals surface area contributed by atoms with Crippen molar-refractivity contribution in [3.05, 3.63) is 47.5 Å². The Labute approximate surface area is 126 Å². The minimum absolute atomic E-state index is 0.347. The van der Waals surface area contributed by atoms with Crippen LogP contribution in [0.15, 0.2) is 36.4 Å². The van der Waals surface area contributed by atoms with Crippen LogP contribution in [-0.4, -0.2) is 0 Å². The average molecular weight is 284 g/mol. The molecule has 0 aliphatic carbocycles. The molecule has 0 radical (unpaired) electrons. The molecule has 0 fully saturated rings. The summed E-state index contributed by atoms with van der Waals surface area (Å²) >= 11 is 0. The molecule has 0 atom stereocenters. The van der Waals surface area contributed by atoms with Crippen molar-refractivity contribution >= 4 is 11.4 Å². The number of rotatable bonds is 4. The summed E-state index contributed by atoms with van der Waals surface area (Å²) in [5.74, 6) is 2.40. The molecule has 0 saturated carbocycles. The maximum absolute atomic E-state index is 6.16. The molecular weight excluding hydrogens is 260 g/mol. The predicted octanol–water partition coefficient (Wildman–Crippen LogP) is 4.89. The van der Waals surface area contributed by atoms with Crippen molar-refractivity contribution in [2.45, 2.75) is 39.5 Å². The van der Waals surface area contributed by atoms with Gasteiger partial charge < -0.3 is 16.2 Å². The van der Waals surface area contributed by atoms with Crippen molar-refractivity contribution in [2.24, 2.45) is 0 Å². The zero-order valence-electron chi connectivity index (χ0n) is 13.2. The molecule has 0 unspecified atom stereocenters. The third-order valence-electron chi connectivity index (χ3n) is 3.53. The molecule has 0 heterocycles. The molecule has 0 aromatic heterocycles. The van der Waals surface area contributed by atoms with Crippen molar-refractivity contribution in [3.8, 4) is 11.5 Å². The van der Waals surface area contributed by atoms with Gasteiger partial charge in [0.15, 0.2) is 0 Å². The average Bonchev–Trinajstić information content (AvgIpc) is 2.42. The molecule has 112 valence electrons. The molecule has 0 saturated heterocycles. The molecule has 2 aromatic rings. The van der Waals surface area contributed by atoms with Crippen LogP contribution in [0, 0.1) is 0 Å². The van der Waals surface area contributed by atoms with E-state index in [-0.39, 0.29) is 0 Å². The second-order valence-corrected chi connectivity index (χ2v) is 6.01. The van der Waals surface area contributed by atoms with Crippen molar-refractivity contribution < 1.29 is 4.74 Å². The van der Waals surface area contributed by atoms with Crippen LogP contribution in [0.3, 0.4) is 0 Å². The summed E-state index contributed by atoms with van der Waals surface area (Å²) in [5, 5.41) is 0. The molecule has 3 nitrogen and oxygen atoms in total. The molecule has 4 N–H and O–H groups in total. The molecule has 2 aromatic carbocycles. The molecular formula is C18H24N2O. The number of hydrogen-bond acceptors (Lipinski definition) is 3. The van der Waals surface area contributed by atoms with Crippen LogP contribution >= 0.6 is 0 Å². The number of anilines is 2. The smallest absolute Gasteiger partial charge is 0.131 e. The van der Waals surface area contributed by atoms with Crippen molar-refractivity contribution in [1.82, 2.24) is 0 Å². The van der Waals surface area contributed by atoms with Crippen LogP contribution in [0.25, 0.3) is 0 Å². The van der Waals surface area contributed by atoms with E-state index in [4.69, 9.17) is 16.2 Å². The van der Waals surface area contributed by atoms with Crippen LogP contribution in [-0.2, 0) is 0 Å². The Morgan fingerprint density at radius 1 is 0.714 bits per heavy atom. The van der Waals surface area contributed by atoms with Gasteiger partial charge in [0.05, 0.1) is 0 Å². The lowest BCUT2D eigenvalue weighted by atomic mass is 10.00. The summed E-state index contributed by atoms with van der Waals surface area (Å²) in [6, 6.07) is 11.6. The Morgan fingerprint density at radius 2 is 1.10 bits per heavy atom. The molecule has 0 amide bonds. The third-order valence-corrected chi connectivity index (χ3v) is 3.53. The second-order valence-electron chi connectivity index (χ2n) is 6.01. The van der Waals surface area contributed by atoms with Gasteiger partial charge in [-0.25, -0.2) is 0 Å². The summed E-state index contributed by atoms with van der Waals surface area (Å²) in [7, 11) is 0. The number of ether oxygens (including phenoxy) is 1. The first kappa shape index (κ1) is 15.2. The van der Waals surface area contributed by atoms with Crippen LogP contribution in [0.4, 0.5) is 11.4 Å². The van der Waals surface area contributed by atoms with E-state index in [2.05, 4.69) is 27.7 Å². The molecule has 0 aliphatic heterocycles. The van der Waals surface area contributed by atoms with Gasteiger partial charge in [-0.1, -0.05) is 27.7 Å². The third kappa shape index (κ3) is 3.48. The molecule has 0 bridgehead atoms. The molecule has 21 heavy (non-hydrogen) atoms. The quantitative estimate of drug-likeness (QED) is 0.786. The Morgan fingerprint density at radius 3 is 1.43 bits per heavy atom. The van der Waals surface area contributed by atoms with Crippen LogP contribution in [0.2, 0.25) is 0 Å². The van der Waals surface area contributed by atoms with Gasteiger partial charge in [-0.15, -0.1) is 0 Å². The van der Waals surface area contributed by atoms with Gasteiger partial charge in [0.1, 0.15) is 11.5 Å². The Balaban J connectivity index is 2.43. The highest BCUT2D eigenvalue weighted by Gasteiger charge is 2.13. The first-order valence-electron chi connectivity index (χ1n) is 7.35. The second kappa shape index (κ2) is 6.08. The van der Waals surface area contributed by atoms with Crippen molar-refractivity contribution in [2.75, 3.05) is 11.5 Å². The highest BCUT2D eigenvalue weighted by atomic mass is 16.5. The lowest BCUT2D eigenvalue weighted by molar-refractivity contribution is 0.464. The van der Waals surface area contributed by atoms with Gasteiger partial charge in [-0.3, -0.25) is 0 Å². The van der Waals surface area contributed by atoms with E-state index in [0.717, 1.165) is 34.0 Å². The first-order valence-corrected chi connectivity index (χ1v) is 7.35. The minimum atomic E-state index is 0.347. The largest absolute Gasteiger partial charge is 0.457 e. The highest BCUT2D eigenvalue weighted by molar-refractivity contribution is 5.53. The van der Waals surface area contributed by atoms with Gasteiger partial charge in [0.25, 0.3) is 0 Å². The highest BCUT2D eigenvalue weighted by Crippen LogP contribution is 2.36. The SMILES string of the molecule is CC(C)c1cc(N)ccc1Oc1ccc(N)cc1C(C)C. The lowest BCUT2D eigenvalue weighted by Crippen LogP contribution is -2.00. The summed E-state index contributed by atoms with van der Waals surface area (Å²) in [6.45, 7) is 8.53. The zero-order valence-corrected chi connectivity index (χ0v) is 13.2. The first-order chi connectivity index (χ1) is 9.88. The van der Waals surface area contributed by atoms with E-state index in [1.54, 1.807) is 0 Å². The predicted molar refractivity (Wildman–Crippen MR) is 90.0 cm³/mol. The van der Waals surface area contributed by atoms with Crippen LogP contribution < -0.4 is 16.2 Å². The summed E-state index contributed by atoms with van der Waals surface area (Å²) in [4.78, 5) is 0. The lowest BCUT2D eigenvalue weighted by Gasteiger charge is -2.18. The molecule has 0 aliphatic rings. The van der Waals surface area contributed by atoms with Gasteiger partial charge in [0.2, 0.25) is 0 Å².